The Balaban J connectivity index is 2.71. The standard InChI is InChI=1S/C8H11NO2S/c1-5(9)4-6-2-3-7(12-6)8(10)11/h2-3,5H,4,9H2,1H3,(H,10,11). The van der Waals surface area contributed by atoms with E-state index >= 15 is 0 Å². The van der Waals surface area contributed by atoms with E-state index in [9.17, 15) is 4.79 Å². The Hall–Kier alpha value is -0.870. The van der Waals surface area contributed by atoms with Gasteiger partial charge in [0.05, 0.1) is 0 Å². The van der Waals surface area contributed by atoms with Crippen LogP contribution in [0.3, 0.4) is 0 Å². The number of carboxylic acid groups (broad SMARTS) is 1. The largest absolute Gasteiger partial charge is 0.477 e. The van der Waals surface area contributed by atoms with E-state index in [0.717, 1.165) is 11.3 Å². The monoisotopic (exact) mass is 185 g/mol. The minimum atomic E-state index is -0.865. The molecule has 3 N–H and O–H groups in total. The average molecular weight is 185 g/mol. The van der Waals surface area contributed by atoms with Gasteiger partial charge in [0.15, 0.2) is 0 Å². The zero-order valence-corrected chi connectivity index (χ0v) is 7.60. The van der Waals surface area contributed by atoms with Crippen molar-refractivity contribution in [2.45, 2.75) is 19.4 Å². The SMILES string of the molecule is CC(N)Cc1ccc(C(=O)O)s1. The number of rotatable bonds is 3. The molecule has 0 aliphatic rings. The first-order chi connectivity index (χ1) is 5.59. The minimum Gasteiger partial charge on any atom is -0.477 e. The van der Waals surface area contributed by atoms with Gasteiger partial charge in [0, 0.05) is 10.9 Å². The van der Waals surface area contributed by atoms with Crippen LogP contribution in [-0.4, -0.2) is 17.1 Å². The van der Waals surface area contributed by atoms with Crippen LogP contribution in [0, 0.1) is 0 Å². The number of hydrogen-bond acceptors (Lipinski definition) is 3. The van der Waals surface area contributed by atoms with Gasteiger partial charge in [-0.2, -0.15) is 0 Å². The molecule has 66 valence electrons. The molecule has 1 unspecified atom stereocenters. The number of hydrogen-bond donors (Lipinski definition) is 2. The lowest BCUT2D eigenvalue weighted by molar-refractivity contribution is 0.0702. The Kier molecular flexibility index (Phi) is 2.83. The molecule has 0 aromatic carbocycles. The molecular formula is C8H11NO2S. The molecule has 0 aliphatic carbocycles. The van der Waals surface area contributed by atoms with Crippen LogP contribution >= 0.6 is 11.3 Å². The van der Waals surface area contributed by atoms with Crippen LogP contribution < -0.4 is 5.73 Å². The van der Waals surface area contributed by atoms with E-state index in [0.29, 0.717) is 4.88 Å². The van der Waals surface area contributed by atoms with Crippen LogP contribution in [0.4, 0.5) is 0 Å². The second-order valence-electron chi connectivity index (χ2n) is 2.75. The smallest absolute Gasteiger partial charge is 0.345 e. The molecule has 0 amide bonds. The third kappa shape index (κ3) is 2.32. The lowest BCUT2D eigenvalue weighted by atomic mass is 10.2. The fraction of sp³-hybridized carbons (Fsp3) is 0.375. The van der Waals surface area contributed by atoms with Crippen LogP contribution in [0.5, 0.6) is 0 Å². The van der Waals surface area contributed by atoms with Crippen molar-refractivity contribution in [2.75, 3.05) is 0 Å². The van der Waals surface area contributed by atoms with Gasteiger partial charge >= 0.3 is 5.97 Å². The Morgan fingerprint density at radius 2 is 2.42 bits per heavy atom. The second-order valence-corrected chi connectivity index (χ2v) is 3.92. The lowest BCUT2D eigenvalue weighted by Crippen LogP contribution is -2.16. The molecule has 0 fully saturated rings. The van der Waals surface area contributed by atoms with E-state index in [1.165, 1.54) is 11.3 Å². The maximum Gasteiger partial charge on any atom is 0.345 e. The number of carbonyl (C=O) groups is 1. The van der Waals surface area contributed by atoms with Crippen LogP contribution in [0.1, 0.15) is 21.5 Å². The quantitative estimate of drug-likeness (QED) is 0.746. The molecule has 1 atom stereocenters. The predicted octanol–water partition coefficient (Wildman–Crippen LogP) is 1.34. The Labute approximate surface area is 74.8 Å². The summed E-state index contributed by atoms with van der Waals surface area (Å²) in [4.78, 5) is 11.9. The molecule has 3 nitrogen and oxygen atoms in total. The summed E-state index contributed by atoms with van der Waals surface area (Å²) in [6.07, 6.45) is 0.748. The highest BCUT2D eigenvalue weighted by molar-refractivity contribution is 7.13. The summed E-state index contributed by atoms with van der Waals surface area (Å²) in [6.45, 7) is 1.90. The maximum atomic E-state index is 10.5. The third-order valence-corrected chi connectivity index (χ3v) is 2.49. The van der Waals surface area contributed by atoms with Crippen molar-refractivity contribution in [3.63, 3.8) is 0 Å². The average Bonchev–Trinajstić information content (AvgIpc) is 2.34. The van der Waals surface area contributed by atoms with E-state index in [1.807, 2.05) is 13.0 Å². The molecule has 0 radical (unpaired) electrons. The Morgan fingerprint density at radius 1 is 1.75 bits per heavy atom. The molecule has 0 saturated carbocycles. The first-order valence-electron chi connectivity index (χ1n) is 3.67. The van der Waals surface area contributed by atoms with Gasteiger partial charge in [0.25, 0.3) is 0 Å². The summed E-state index contributed by atoms with van der Waals surface area (Å²) in [5.41, 5.74) is 5.57. The normalized spacial score (nSPS) is 12.8. The zero-order chi connectivity index (χ0) is 9.14. The highest BCUT2D eigenvalue weighted by atomic mass is 32.1. The van der Waals surface area contributed by atoms with E-state index in [-0.39, 0.29) is 6.04 Å². The highest BCUT2D eigenvalue weighted by Crippen LogP contribution is 2.17. The summed E-state index contributed by atoms with van der Waals surface area (Å²) < 4.78 is 0. The molecule has 1 aromatic heterocycles. The van der Waals surface area contributed by atoms with Crippen LogP contribution in [0.2, 0.25) is 0 Å². The first-order valence-corrected chi connectivity index (χ1v) is 4.49. The van der Waals surface area contributed by atoms with Gasteiger partial charge in [-0.1, -0.05) is 0 Å². The number of nitrogens with two attached hydrogens (primary N) is 1. The van der Waals surface area contributed by atoms with Crippen LogP contribution in [0.25, 0.3) is 0 Å². The fourth-order valence-electron chi connectivity index (χ4n) is 0.920. The van der Waals surface area contributed by atoms with Gasteiger partial charge < -0.3 is 10.8 Å². The molecule has 0 aliphatic heterocycles. The molecule has 0 spiro atoms. The molecule has 1 rings (SSSR count). The molecule has 12 heavy (non-hydrogen) atoms. The van der Waals surface area contributed by atoms with E-state index < -0.39 is 5.97 Å². The zero-order valence-electron chi connectivity index (χ0n) is 6.78. The van der Waals surface area contributed by atoms with Gasteiger partial charge in [-0.15, -0.1) is 11.3 Å². The van der Waals surface area contributed by atoms with Gasteiger partial charge in [0.1, 0.15) is 4.88 Å². The Bertz CT molecular complexity index is 280. The molecule has 4 heteroatoms. The summed E-state index contributed by atoms with van der Waals surface area (Å²) in [6, 6.07) is 3.52. The van der Waals surface area contributed by atoms with E-state index in [1.54, 1.807) is 6.07 Å². The van der Waals surface area contributed by atoms with Crippen LogP contribution in [0.15, 0.2) is 12.1 Å². The van der Waals surface area contributed by atoms with Crippen molar-refractivity contribution in [1.29, 1.82) is 0 Å². The predicted molar refractivity (Wildman–Crippen MR) is 48.6 cm³/mol. The van der Waals surface area contributed by atoms with Gasteiger partial charge in [-0.3, -0.25) is 0 Å². The molecule has 1 heterocycles. The third-order valence-electron chi connectivity index (χ3n) is 1.40. The van der Waals surface area contributed by atoms with Crippen molar-refractivity contribution in [2.24, 2.45) is 5.73 Å². The Morgan fingerprint density at radius 3 is 2.83 bits per heavy atom. The summed E-state index contributed by atoms with van der Waals surface area (Å²) in [5, 5.41) is 8.61. The van der Waals surface area contributed by atoms with Crippen molar-refractivity contribution in [3.05, 3.63) is 21.9 Å². The molecule has 0 bridgehead atoms. The first kappa shape index (κ1) is 9.22. The van der Waals surface area contributed by atoms with Crippen molar-refractivity contribution >= 4 is 17.3 Å². The molecular weight excluding hydrogens is 174 g/mol. The minimum absolute atomic E-state index is 0.0882. The number of aromatic carboxylic acids is 1. The second kappa shape index (κ2) is 3.69. The van der Waals surface area contributed by atoms with Crippen molar-refractivity contribution < 1.29 is 9.90 Å². The number of carboxylic acids is 1. The van der Waals surface area contributed by atoms with Crippen LogP contribution in [-0.2, 0) is 6.42 Å². The summed E-state index contributed by atoms with van der Waals surface area (Å²) >= 11 is 1.29. The van der Waals surface area contributed by atoms with E-state index in [2.05, 4.69) is 0 Å². The van der Waals surface area contributed by atoms with Crippen molar-refractivity contribution in [1.82, 2.24) is 0 Å². The number of thiophene rings is 1. The maximum absolute atomic E-state index is 10.5. The van der Waals surface area contributed by atoms with E-state index in [4.69, 9.17) is 10.8 Å². The van der Waals surface area contributed by atoms with Gasteiger partial charge in [-0.25, -0.2) is 4.79 Å². The molecule has 1 aromatic rings. The summed E-state index contributed by atoms with van der Waals surface area (Å²) in [7, 11) is 0. The van der Waals surface area contributed by atoms with Gasteiger partial charge in [-0.05, 0) is 25.5 Å². The topological polar surface area (TPSA) is 63.3 Å². The van der Waals surface area contributed by atoms with Gasteiger partial charge in [0.2, 0.25) is 0 Å². The summed E-state index contributed by atoms with van der Waals surface area (Å²) in [5.74, 6) is -0.865. The fourth-order valence-corrected chi connectivity index (χ4v) is 1.91. The molecule has 0 saturated heterocycles. The lowest BCUT2D eigenvalue weighted by Gasteiger charge is -1.99. The highest BCUT2D eigenvalue weighted by Gasteiger charge is 2.07. The van der Waals surface area contributed by atoms with Crippen molar-refractivity contribution in [3.8, 4) is 0 Å².